The normalized spacial score (nSPS) is 10.8. The number of benzene rings is 2. The molecule has 128 valence electrons. The van der Waals surface area contributed by atoms with Crippen LogP contribution in [0.15, 0.2) is 42.6 Å². The molecule has 1 aromatic heterocycles. The fourth-order valence-electron chi connectivity index (χ4n) is 2.83. The zero-order valence-corrected chi connectivity index (χ0v) is 14.3. The molecule has 0 saturated heterocycles. The van der Waals surface area contributed by atoms with Crippen molar-refractivity contribution < 1.29 is 9.72 Å². The van der Waals surface area contributed by atoms with E-state index < -0.39 is 4.92 Å². The molecule has 2 aromatic carbocycles. The van der Waals surface area contributed by atoms with Gasteiger partial charge in [0.05, 0.1) is 4.92 Å². The minimum atomic E-state index is -0.484. The number of aromatic nitrogens is 1. The van der Waals surface area contributed by atoms with Gasteiger partial charge in [0.2, 0.25) is 0 Å². The summed E-state index contributed by atoms with van der Waals surface area (Å²) in [7, 11) is 0. The van der Waals surface area contributed by atoms with Crippen molar-refractivity contribution in [2.45, 2.75) is 13.3 Å². The molecule has 7 heteroatoms. The highest BCUT2D eigenvalue weighted by atomic mass is 35.5. The number of carbonyl (C=O) groups excluding carboxylic acids is 1. The number of fused-ring (bicyclic) bond motifs is 1. The predicted molar refractivity (Wildman–Crippen MR) is 97.2 cm³/mol. The van der Waals surface area contributed by atoms with Gasteiger partial charge in [0.15, 0.2) is 0 Å². The number of halogens is 1. The summed E-state index contributed by atoms with van der Waals surface area (Å²) in [6, 6.07) is 10.1. The Morgan fingerprint density at radius 2 is 2.12 bits per heavy atom. The Bertz CT molecular complexity index is 965. The molecule has 0 saturated carbocycles. The van der Waals surface area contributed by atoms with Crippen molar-refractivity contribution >= 4 is 34.1 Å². The molecule has 3 rings (SSSR count). The van der Waals surface area contributed by atoms with E-state index in [0.29, 0.717) is 29.1 Å². The van der Waals surface area contributed by atoms with E-state index in [0.717, 1.165) is 16.5 Å². The van der Waals surface area contributed by atoms with Crippen LogP contribution in [0.4, 0.5) is 5.69 Å². The lowest BCUT2D eigenvalue weighted by Crippen LogP contribution is -2.26. The molecule has 0 spiro atoms. The number of hydrogen-bond acceptors (Lipinski definition) is 3. The Morgan fingerprint density at radius 3 is 2.88 bits per heavy atom. The van der Waals surface area contributed by atoms with Crippen LogP contribution in [-0.2, 0) is 6.42 Å². The van der Waals surface area contributed by atoms with Crippen LogP contribution in [0.1, 0.15) is 21.5 Å². The Balaban J connectivity index is 1.70. The molecule has 0 radical (unpaired) electrons. The minimum Gasteiger partial charge on any atom is -0.361 e. The summed E-state index contributed by atoms with van der Waals surface area (Å²) in [4.78, 5) is 26.0. The summed E-state index contributed by atoms with van der Waals surface area (Å²) >= 11 is 6.03. The molecule has 3 aromatic rings. The maximum Gasteiger partial charge on any atom is 0.273 e. The first kappa shape index (κ1) is 17.0. The van der Waals surface area contributed by atoms with Crippen molar-refractivity contribution in [3.8, 4) is 0 Å². The summed E-state index contributed by atoms with van der Waals surface area (Å²) in [5, 5.41) is 15.5. The summed E-state index contributed by atoms with van der Waals surface area (Å²) < 4.78 is 0. The van der Waals surface area contributed by atoms with Gasteiger partial charge in [-0.15, -0.1) is 0 Å². The number of nitro groups is 1. The Hall–Kier alpha value is -2.86. The molecule has 0 aliphatic carbocycles. The van der Waals surface area contributed by atoms with E-state index in [9.17, 15) is 14.9 Å². The number of nitrogens with zero attached hydrogens (tertiary/aromatic N) is 1. The zero-order chi connectivity index (χ0) is 18.0. The fourth-order valence-corrected chi connectivity index (χ4v) is 3.00. The van der Waals surface area contributed by atoms with E-state index in [4.69, 9.17) is 11.6 Å². The van der Waals surface area contributed by atoms with Crippen molar-refractivity contribution in [2.75, 3.05) is 6.54 Å². The van der Waals surface area contributed by atoms with Gasteiger partial charge in [-0.25, -0.2) is 0 Å². The summed E-state index contributed by atoms with van der Waals surface area (Å²) in [5.41, 5.74) is 2.66. The van der Waals surface area contributed by atoms with Crippen LogP contribution in [0.5, 0.6) is 0 Å². The molecular weight excluding hydrogens is 342 g/mol. The van der Waals surface area contributed by atoms with Crippen LogP contribution in [0.25, 0.3) is 10.9 Å². The zero-order valence-electron chi connectivity index (χ0n) is 13.5. The van der Waals surface area contributed by atoms with Crippen LogP contribution >= 0.6 is 11.6 Å². The van der Waals surface area contributed by atoms with Gasteiger partial charge in [-0.1, -0.05) is 17.7 Å². The lowest BCUT2D eigenvalue weighted by molar-refractivity contribution is -0.385. The van der Waals surface area contributed by atoms with Crippen molar-refractivity contribution in [3.05, 3.63) is 74.4 Å². The molecule has 1 amide bonds. The number of nitro benzene ring substituents is 1. The van der Waals surface area contributed by atoms with E-state index in [2.05, 4.69) is 10.3 Å². The van der Waals surface area contributed by atoms with E-state index in [1.165, 1.54) is 12.1 Å². The lowest BCUT2D eigenvalue weighted by Gasteiger charge is -2.08. The summed E-state index contributed by atoms with van der Waals surface area (Å²) in [5.74, 6) is -0.320. The topological polar surface area (TPSA) is 88.0 Å². The second kappa shape index (κ2) is 6.94. The smallest absolute Gasteiger partial charge is 0.273 e. The number of rotatable bonds is 5. The maximum atomic E-state index is 12.3. The van der Waals surface area contributed by atoms with Gasteiger partial charge < -0.3 is 10.3 Å². The number of amides is 1. The number of H-pyrrole nitrogens is 1. The largest absolute Gasteiger partial charge is 0.361 e. The Kier molecular flexibility index (Phi) is 4.72. The van der Waals surface area contributed by atoms with Gasteiger partial charge >= 0.3 is 0 Å². The SMILES string of the molecule is Cc1c(C(=O)NCCc2c[nH]c3ccc(Cl)cc23)cccc1[N+](=O)[O-]. The summed E-state index contributed by atoms with van der Waals surface area (Å²) in [6.07, 6.45) is 2.52. The average molecular weight is 358 g/mol. The van der Waals surface area contributed by atoms with E-state index in [1.807, 2.05) is 24.4 Å². The monoisotopic (exact) mass is 357 g/mol. The van der Waals surface area contributed by atoms with Crippen LogP contribution < -0.4 is 5.32 Å². The van der Waals surface area contributed by atoms with E-state index in [-0.39, 0.29) is 11.6 Å². The molecule has 25 heavy (non-hydrogen) atoms. The molecule has 0 bridgehead atoms. The molecule has 1 heterocycles. The molecule has 6 nitrogen and oxygen atoms in total. The number of carbonyl (C=O) groups is 1. The molecule has 0 aliphatic rings. The third-order valence-electron chi connectivity index (χ3n) is 4.16. The van der Waals surface area contributed by atoms with Crippen molar-refractivity contribution in [2.24, 2.45) is 0 Å². The second-order valence-electron chi connectivity index (χ2n) is 5.72. The van der Waals surface area contributed by atoms with Gasteiger partial charge in [-0.05, 0) is 43.2 Å². The van der Waals surface area contributed by atoms with Crippen LogP contribution in [-0.4, -0.2) is 22.4 Å². The standard InChI is InChI=1S/C18H16ClN3O3/c1-11-14(3-2-4-17(11)22(24)25)18(23)20-8-7-12-10-21-16-6-5-13(19)9-15(12)16/h2-6,9-10,21H,7-8H2,1H3,(H,20,23). The predicted octanol–water partition coefficient (Wildman–Crippen LogP) is 4.01. The number of hydrogen-bond donors (Lipinski definition) is 2. The first-order valence-corrected chi connectivity index (χ1v) is 8.13. The van der Waals surface area contributed by atoms with Gasteiger partial charge in [0.1, 0.15) is 0 Å². The van der Waals surface area contributed by atoms with Crippen molar-refractivity contribution in [1.82, 2.24) is 10.3 Å². The second-order valence-corrected chi connectivity index (χ2v) is 6.15. The van der Waals surface area contributed by atoms with Crippen molar-refractivity contribution in [1.29, 1.82) is 0 Å². The number of nitrogens with one attached hydrogen (secondary N) is 2. The first-order valence-electron chi connectivity index (χ1n) is 7.75. The maximum absolute atomic E-state index is 12.3. The first-order chi connectivity index (χ1) is 12.0. The quantitative estimate of drug-likeness (QED) is 0.534. The third-order valence-corrected chi connectivity index (χ3v) is 4.39. The minimum absolute atomic E-state index is 0.0566. The fraction of sp³-hybridized carbons (Fsp3) is 0.167. The molecule has 2 N–H and O–H groups in total. The average Bonchev–Trinajstić information content (AvgIpc) is 2.97. The highest BCUT2D eigenvalue weighted by Gasteiger charge is 2.17. The molecular formula is C18H16ClN3O3. The van der Waals surface area contributed by atoms with Gasteiger partial charge in [-0.2, -0.15) is 0 Å². The highest BCUT2D eigenvalue weighted by molar-refractivity contribution is 6.31. The number of aromatic amines is 1. The molecule has 0 unspecified atom stereocenters. The molecule has 0 atom stereocenters. The van der Waals surface area contributed by atoms with Gasteiger partial charge in [0, 0.05) is 45.9 Å². The molecule has 0 aliphatic heterocycles. The van der Waals surface area contributed by atoms with Gasteiger partial charge in [-0.3, -0.25) is 14.9 Å². The molecule has 0 fully saturated rings. The van der Waals surface area contributed by atoms with Gasteiger partial charge in [0.25, 0.3) is 11.6 Å². The van der Waals surface area contributed by atoms with Crippen LogP contribution in [0.2, 0.25) is 5.02 Å². The van der Waals surface area contributed by atoms with Crippen LogP contribution in [0.3, 0.4) is 0 Å². The Morgan fingerprint density at radius 1 is 1.32 bits per heavy atom. The highest BCUT2D eigenvalue weighted by Crippen LogP contribution is 2.23. The van der Waals surface area contributed by atoms with E-state index in [1.54, 1.807) is 13.0 Å². The summed E-state index contributed by atoms with van der Waals surface area (Å²) in [6.45, 7) is 2.00. The van der Waals surface area contributed by atoms with E-state index >= 15 is 0 Å². The van der Waals surface area contributed by atoms with Crippen LogP contribution in [0, 0.1) is 17.0 Å². The third kappa shape index (κ3) is 3.49. The Labute approximate surface area is 149 Å². The van der Waals surface area contributed by atoms with Crippen molar-refractivity contribution in [3.63, 3.8) is 0 Å². The lowest BCUT2D eigenvalue weighted by atomic mass is 10.1.